The van der Waals surface area contributed by atoms with Gasteiger partial charge >= 0.3 is 6.18 Å². The van der Waals surface area contributed by atoms with Crippen LogP contribution in [-0.4, -0.2) is 42.0 Å². The molecule has 0 atom stereocenters. The minimum Gasteiger partial charge on any atom is -0.375 e. The first-order valence-electron chi connectivity index (χ1n) is 8.93. The summed E-state index contributed by atoms with van der Waals surface area (Å²) in [5, 5.41) is 0.151. The number of ether oxygens (including phenoxy) is 1. The third-order valence-corrected chi connectivity index (χ3v) is 5.49. The van der Waals surface area contributed by atoms with Crippen molar-refractivity contribution in [3.05, 3.63) is 64.4 Å². The molecule has 2 aromatic carbocycles. The van der Waals surface area contributed by atoms with E-state index in [2.05, 4.69) is 0 Å². The number of halogens is 5. The lowest BCUT2D eigenvalue weighted by molar-refractivity contribution is -0.184. The highest BCUT2D eigenvalue weighted by molar-refractivity contribution is 6.30. The fourth-order valence-corrected chi connectivity index (χ4v) is 3.75. The monoisotopic (exact) mass is 442 g/mol. The highest BCUT2D eigenvalue weighted by Gasteiger charge is 2.58. The molecule has 1 spiro atoms. The Morgan fingerprint density at radius 1 is 1.07 bits per heavy atom. The third-order valence-electron chi connectivity index (χ3n) is 5.26. The maximum absolute atomic E-state index is 14.4. The number of anilines is 1. The molecule has 30 heavy (non-hydrogen) atoms. The smallest absolute Gasteiger partial charge is 0.375 e. The number of nitrogens with zero attached hydrogens (tertiary/aromatic N) is 2. The molecule has 0 saturated carbocycles. The van der Waals surface area contributed by atoms with Crippen LogP contribution in [0.5, 0.6) is 0 Å². The molecular formula is C20H15ClF4N2O3. The number of piperazine rings is 1. The van der Waals surface area contributed by atoms with Crippen LogP contribution in [0.1, 0.15) is 11.1 Å². The van der Waals surface area contributed by atoms with Crippen LogP contribution in [0.25, 0.3) is 0 Å². The second-order valence-electron chi connectivity index (χ2n) is 7.19. The van der Waals surface area contributed by atoms with Crippen molar-refractivity contribution in [3.63, 3.8) is 0 Å². The average Bonchev–Trinajstić information content (AvgIpc) is 2.63. The molecule has 2 aliphatic rings. The number of rotatable bonds is 3. The molecule has 0 aromatic heterocycles. The van der Waals surface area contributed by atoms with Gasteiger partial charge in [-0.05, 0) is 35.9 Å². The van der Waals surface area contributed by atoms with Crippen LogP contribution in [0.15, 0.2) is 42.5 Å². The molecule has 2 amide bonds. The SMILES string of the molecule is O=C1CN(c2ccc(Cl)cc2F)C(=O)C2(COC2)N1Cc1ccc(C(F)(F)F)cc1. The van der Waals surface area contributed by atoms with Crippen LogP contribution >= 0.6 is 11.6 Å². The van der Waals surface area contributed by atoms with Gasteiger partial charge in [0.15, 0.2) is 5.54 Å². The van der Waals surface area contributed by atoms with E-state index in [-0.39, 0.29) is 30.5 Å². The summed E-state index contributed by atoms with van der Waals surface area (Å²) in [6, 6.07) is 8.15. The summed E-state index contributed by atoms with van der Waals surface area (Å²) in [7, 11) is 0. The zero-order valence-corrected chi connectivity index (χ0v) is 16.1. The predicted octanol–water partition coefficient (Wildman–Crippen LogP) is 3.64. The number of amides is 2. The van der Waals surface area contributed by atoms with Gasteiger partial charge < -0.3 is 9.64 Å². The van der Waals surface area contributed by atoms with E-state index in [9.17, 15) is 27.2 Å². The first-order chi connectivity index (χ1) is 14.1. The van der Waals surface area contributed by atoms with Gasteiger partial charge in [-0.15, -0.1) is 0 Å². The van der Waals surface area contributed by atoms with E-state index < -0.39 is 41.5 Å². The van der Waals surface area contributed by atoms with Crippen molar-refractivity contribution in [1.29, 1.82) is 0 Å². The minimum absolute atomic E-state index is 0.0665. The van der Waals surface area contributed by atoms with E-state index in [1.54, 1.807) is 0 Å². The number of hydrogen-bond donors (Lipinski definition) is 0. The number of hydrogen-bond acceptors (Lipinski definition) is 3. The lowest BCUT2D eigenvalue weighted by atomic mass is 9.89. The van der Waals surface area contributed by atoms with Crippen LogP contribution in [0.4, 0.5) is 23.2 Å². The van der Waals surface area contributed by atoms with Crippen LogP contribution in [0.2, 0.25) is 5.02 Å². The summed E-state index contributed by atoms with van der Waals surface area (Å²) >= 11 is 5.76. The van der Waals surface area contributed by atoms with Gasteiger partial charge in [0.25, 0.3) is 5.91 Å². The standard InChI is InChI=1S/C20H15ClF4N2O3/c21-14-5-6-16(15(22)7-14)26-9-17(28)27(19(18(26)29)10-30-11-19)8-12-1-3-13(4-2-12)20(23,24)25/h1-7H,8-11H2. The van der Waals surface area contributed by atoms with E-state index in [1.165, 1.54) is 29.2 Å². The first kappa shape index (κ1) is 20.6. The van der Waals surface area contributed by atoms with Gasteiger partial charge in [-0.1, -0.05) is 23.7 Å². The molecule has 2 saturated heterocycles. The van der Waals surface area contributed by atoms with Crippen LogP contribution < -0.4 is 4.90 Å². The molecular weight excluding hydrogens is 428 g/mol. The summed E-state index contributed by atoms with van der Waals surface area (Å²) < 4.78 is 57.9. The summed E-state index contributed by atoms with van der Waals surface area (Å²) in [6.07, 6.45) is -4.47. The number of carbonyl (C=O) groups is 2. The molecule has 0 aliphatic carbocycles. The van der Waals surface area contributed by atoms with E-state index in [4.69, 9.17) is 16.3 Å². The highest BCUT2D eigenvalue weighted by atomic mass is 35.5. The second kappa shape index (κ2) is 7.24. The molecule has 0 unspecified atom stereocenters. The van der Waals surface area contributed by atoms with Crippen LogP contribution in [0.3, 0.4) is 0 Å². The Kier molecular flexibility index (Phi) is 4.98. The Morgan fingerprint density at radius 2 is 1.73 bits per heavy atom. The molecule has 2 heterocycles. The van der Waals surface area contributed by atoms with Crippen molar-refractivity contribution in [1.82, 2.24) is 4.90 Å². The lowest BCUT2D eigenvalue weighted by Gasteiger charge is -2.53. The Hall–Kier alpha value is -2.65. The zero-order valence-electron chi connectivity index (χ0n) is 15.4. The fourth-order valence-electron chi connectivity index (χ4n) is 3.59. The molecule has 10 heteroatoms. The van der Waals surface area contributed by atoms with E-state index in [1.807, 2.05) is 0 Å². The Balaban J connectivity index is 1.62. The van der Waals surface area contributed by atoms with E-state index in [0.29, 0.717) is 5.56 Å². The van der Waals surface area contributed by atoms with Crippen LogP contribution in [-0.2, 0) is 27.0 Å². The van der Waals surface area contributed by atoms with Gasteiger partial charge in [0.1, 0.15) is 12.4 Å². The largest absolute Gasteiger partial charge is 0.416 e. The molecule has 5 nitrogen and oxygen atoms in total. The molecule has 2 fully saturated rings. The Morgan fingerprint density at radius 3 is 2.27 bits per heavy atom. The highest BCUT2D eigenvalue weighted by Crippen LogP contribution is 2.36. The van der Waals surface area contributed by atoms with Crippen molar-refractivity contribution in [3.8, 4) is 0 Å². The predicted molar refractivity (Wildman–Crippen MR) is 99.3 cm³/mol. The Labute approximate surface area is 173 Å². The van der Waals surface area contributed by atoms with Gasteiger partial charge in [0.05, 0.1) is 24.5 Å². The summed E-state index contributed by atoms with van der Waals surface area (Å²) in [5.74, 6) is -1.72. The molecule has 2 aromatic rings. The third kappa shape index (κ3) is 3.41. The summed E-state index contributed by atoms with van der Waals surface area (Å²) in [6.45, 7) is -0.628. The van der Waals surface area contributed by atoms with Gasteiger partial charge in [0, 0.05) is 11.6 Å². The summed E-state index contributed by atoms with van der Waals surface area (Å²) in [4.78, 5) is 28.4. The van der Waals surface area contributed by atoms with Gasteiger partial charge in [-0.2, -0.15) is 13.2 Å². The minimum atomic E-state index is -4.47. The molecule has 0 bridgehead atoms. The van der Waals surface area contributed by atoms with Crippen molar-refractivity contribution < 1.29 is 31.9 Å². The first-order valence-corrected chi connectivity index (χ1v) is 9.31. The van der Waals surface area contributed by atoms with Gasteiger partial charge in [0.2, 0.25) is 5.91 Å². The fraction of sp³-hybridized carbons (Fsp3) is 0.300. The van der Waals surface area contributed by atoms with Gasteiger partial charge in [-0.3, -0.25) is 14.5 Å². The van der Waals surface area contributed by atoms with Crippen LogP contribution in [0, 0.1) is 5.82 Å². The van der Waals surface area contributed by atoms with Gasteiger partial charge in [-0.25, -0.2) is 4.39 Å². The normalized spacial score (nSPS) is 18.7. The Bertz CT molecular complexity index is 1010. The van der Waals surface area contributed by atoms with Crippen molar-refractivity contribution >= 4 is 29.1 Å². The quantitative estimate of drug-likeness (QED) is 0.682. The van der Waals surface area contributed by atoms with Crippen molar-refractivity contribution in [2.24, 2.45) is 0 Å². The summed E-state index contributed by atoms with van der Waals surface area (Å²) in [5.41, 5.74) is -1.78. The molecule has 2 aliphatic heterocycles. The van der Waals surface area contributed by atoms with Crippen molar-refractivity contribution in [2.75, 3.05) is 24.7 Å². The molecule has 0 radical (unpaired) electrons. The number of benzene rings is 2. The molecule has 0 N–H and O–H groups in total. The molecule has 4 rings (SSSR count). The maximum Gasteiger partial charge on any atom is 0.416 e. The lowest BCUT2D eigenvalue weighted by Crippen LogP contribution is -2.76. The topological polar surface area (TPSA) is 49.9 Å². The molecule has 158 valence electrons. The van der Waals surface area contributed by atoms with Crippen molar-refractivity contribution in [2.45, 2.75) is 18.3 Å². The maximum atomic E-state index is 14.4. The van der Waals surface area contributed by atoms with E-state index in [0.717, 1.165) is 23.1 Å². The average molecular weight is 443 g/mol. The van der Waals surface area contributed by atoms with E-state index >= 15 is 0 Å². The number of alkyl halides is 3. The number of carbonyl (C=O) groups excluding carboxylic acids is 2. The second-order valence-corrected chi connectivity index (χ2v) is 7.62. The zero-order chi connectivity index (χ0) is 21.7.